The molecular formula is C18H21N5O5. The maximum Gasteiger partial charge on any atom is 0.244 e. The van der Waals surface area contributed by atoms with Gasteiger partial charge in [0, 0.05) is 24.4 Å². The van der Waals surface area contributed by atoms with Gasteiger partial charge in [-0.3, -0.25) is 14.4 Å². The second-order valence-electron chi connectivity index (χ2n) is 6.06. The first kappa shape index (κ1) is 20.5. The minimum absolute atomic E-state index is 0.122. The van der Waals surface area contributed by atoms with Gasteiger partial charge in [0.25, 0.3) is 0 Å². The van der Waals surface area contributed by atoms with Crippen LogP contribution in [0.1, 0.15) is 18.2 Å². The number of hydrogen-bond donors (Lipinski definition) is 6. The number of nitrogens with one attached hydrogen (secondary N) is 3. The molecule has 1 aromatic carbocycles. The van der Waals surface area contributed by atoms with Crippen LogP contribution in [0.15, 0.2) is 36.8 Å². The number of carbonyl (C=O) groups is 3. The van der Waals surface area contributed by atoms with Crippen molar-refractivity contribution in [1.82, 2.24) is 20.6 Å². The number of nitrogens with zero attached hydrogens (tertiary/aromatic N) is 1. The van der Waals surface area contributed by atoms with Gasteiger partial charge in [-0.25, -0.2) is 4.98 Å². The molecule has 2 rings (SSSR count). The Balaban J connectivity index is 2.08. The summed E-state index contributed by atoms with van der Waals surface area (Å²) in [5.74, 6) is -2.45. The molecule has 7 N–H and O–H groups in total. The number of rotatable bonds is 8. The standard InChI is InChI=1S/C18H21N5O5/c1-10(17(19)27)22-18(28)13(7-12-8-20-9-21-12)23-16(26)5-3-11-2-4-14(24)15(25)6-11/h2-6,8-10,13,24-25H,7H2,1H3,(H2,19,27)(H,20,21)(H,22,28)(H,23,26)/b5-3+/t10-,13-/m0/s1. The predicted octanol–water partition coefficient (Wildman–Crippen LogP) is -0.448. The summed E-state index contributed by atoms with van der Waals surface area (Å²) in [6, 6.07) is 2.19. The van der Waals surface area contributed by atoms with E-state index in [1.807, 2.05) is 0 Å². The number of amides is 3. The van der Waals surface area contributed by atoms with Gasteiger partial charge >= 0.3 is 0 Å². The van der Waals surface area contributed by atoms with Crippen LogP contribution in [0.5, 0.6) is 11.5 Å². The van der Waals surface area contributed by atoms with Crippen LogP contribution in [0.4, 0.5) is 0 Å². The fraction of sp³-hybridized carbons (Fsp3) is 0.222. The minimum atomic E-state index is -0.979. The molecule has 10 nitrogen and oxygen atoms in total. The molecule has 0 radical (unpaired) electrons. The van der Waals surface area contributed by atoms with Gasteiger partial charge in [0.1, 0.15) is 12.1 Å². The monoisotopic (exact) mass is 387 g/mol. The molecule has 0 saturated carbocycles. The highest BCUT2D eigenvalue weighted by Gasteiger charge is 2.23. The molecule has 0 aliphatic rings. The zero-order valence-corrected chi connectivity index (χ0v) is 15.0. The van der Waals surface area contributed by atoms with Gasteiger partial charge < -0.3 is 31.6 Å². The van der Waals surface area contributed by atoms with Crippen molar-refractivity contribution in [2.45, 2.75) is 25.4 Å². The molecule has 2 atom stereocenters. The third-order valence-electron chi connectivity index (χ3n) is 3.82. The lowest BCUT2D eigenvalue weighted by atomic mass is 10.1. The lowest BCUT2D eigenvalue weighted by molar-refractivity contribution is -0.130. The quantitative estimate of drug-likeness (QED) is 0.265. The van der Waals surface area contributed by atoms with E-state index < -0.39 is 29.8 Å². The second-order valence-corrected chi connectivity index (χ2v) is 6.06. The molecule has 3 amide bonds. The Labute approximate surface area is 160 Å². The predicted molar refractivity (Wildman–Crippen MR) is 99.8 cm³/mol. The van der Waals surface area contributed by atoms with Crippen molar-refractivity contribution in [2.24, 2.45) is 5.73 Å². The average molecular weight is 387 g/mol. The van der Waals surface area contributed by atoms with E-state index in [0.717, 1.165) is 0 Å². The molecule has 1 aromatic heterocycles. The Morgan fingerprint density at radius 1 is 1.25 bits per heavy atom. The summed E-state index contributed by atoms with van der Waals surface area (Å²) in [4.78, 5) is 42.5. The van der Waals surface area contributed by atoms with Crippen LogP contribution >= 0.6 is 0 Å². The maximum atomic E-state index is 12.4. The topological polar surface area (TPSA) is 170 Å². The summed E-state index contributed by atoms with van der Waals surface area (Å²) in [7, 11) is 0. The van der Waals surface area contributed by atoms with E-state index >= 15 is 0 Å². The Morgan fingerprint density at radius 3 is 2.61 bits per heavy atom. The number of aromatic hydroxyl groups is 2. The first-order valence-corrected chi connectivity index (χ1v) is 8.33. The van der Waals surface area contributed by atoms with Crippen molar-refractivity contribution in [3.05, 3.63) is 48.1 Å². The van der Waals surface area contributed by atoms with Crippen molar-refractivity contribution >= 4 is 23.8 Å². The largest absolute Gasteiger partial charge is 0.504 e. The Hall–Kier alpha value is -3.82. The van der Waals surface area contributed by atoms with Gasteiger partial charge in [-0.05, 0) is 30.7 Å². The van der Waals surface area contributed by atoms with Gasteiger partial charge in [-0.2, -0.15) is 0 Å². The normalized spacial score (nSPS) is 13.0. The molecular weight excluding hydrogens is 366 g/mol. The lowest BCUT2D eigenvalue weighted by Crippen LogP contribution is -2.52. The minimum Gasteiger partial charge on any atom is -0.504 e. The summed E-state index contributed by atoms with van der Waals surface area (Å²) in [5.41, 5.74) is 6.24. The van der Waals surface area contributed by atoms with Crippen LogP contribution in [0, 0.1) is 0 Å². The molecule has 0 fully saturated rings. The van der Waals surface area contributed by atoms with Crippen molar-refractivity contribution in [1.29, 1.82) is 0 Å². The smallest absolute Gasteiger partial charge is 0.244 e. The molecule has 1 heterocycles. The lowest BCUT2D eigenvalue weighted by Gasteiger charge is -2.19. The van der Waals surface area contributed by atoms with Crippen LogP contribution < -0.4 is 16.4 Å². The van der Waals surface area contributed by atoms with E-state index in [2.05, 4.69) is 20.6 Å². The number of carbonyl (C=O) groups excluding carboxylic acids is 3. The number of phenolic OH excluding ortho intramolecular Hbond substituents is 2. The third-order valence-corrected chi connectivity index (χ3v) is 3.82. The zero-order chi connectivity index (χ0) is 20.7. The summed E-state index contributed by atoms with van der Waals surface area (Å²) >= 11 is 0. The molecule has 148 valence electrons. The van der Waals surface area contributed by atoms with Crippen LogP contribution in [-0.4, -0.2) is 50.0 Å². The fourth-order valence-electron chi connectivity index (χ4n) is 2.25. The number of imidazole rings is 1. The zero-order valence-electron chi connectivity index (χ0n) is 15.0. The molecule has 10 heteroatoms. The molecule has 0 spiro atoms. The SMILES string of the molecule is C[C@H](NC(=O)[C@H](Cc1cnc[nH]1)NC(=O)/C=C/c1ccc(O)c(O)c1)C(N)=O. The van der Waals surface area contributed by atoms with Crippen LogP contribution in [-0.2, 0) is 20.8 Å². The van der Waals surface area contributed by atoms with Gasteiger partial charge in [0.2, 0.25) is 17.7 Å². The average Bonchev–Trinajstić information content (AvgIpc) is 3.15. The van der Waals surface area contributed by atoms with E-state index in [9.17, 15) is 24.6 Å². The Morgan fingerprint density at radius 2 is 2.00 bits per heavy atom. The van der Waals surface area contributed by atoms with E-state index in [1.54, 1.807) is 0 Å². The van der Waals surface area contributed by atoms with Crippen LogP contribution in [0.25, 0.3) is 6.08 Å². The number of benzene rings is 1. The van der Waals surface area contributed by atoms with Crippen molar-refractivity contribution < 1.29 is 24.6 Å². The van der Waals surface area contributed by atoms with E-state index in [4.69, 9.17) is 5.73 Å². The van der Waals surface area contributed by atoms with Crippen molar-refractivity contribution in [2.75, 3.05) is 0 Å². The summed E-state index contributed by atoms with van der Waals surface area (Å²) < 4.78 is 0. The Kier molecular flexibility index (Phi) is 6.74. The van der Waals surface area contributed by atoms with E-state index in [-0.39, 0.29) is 17.9 Å². The molecule has 0 bridgehead atoms. The molecule has 0 saturated heterocycles. The van der Waals surface area contributed by atoms with Gasteiger partial charge in [0.05, 0.1) is 6.33 Å². The third kappa shape index (κ3) is 5.87. The van der Waals surface area contributed by atoms with Crippen LogP contribution in [0.2, 0.25) is 0 Å². The highest BCUT2D eigenvalue weighted by molar-refractivity contribution is 5.96. The molecule has 0 aliphatic heterocycles. The van der Waals surface area contributed by atoms with Gasteiger partial charge in [0.15, 0.2) is 11.5 Å². The van der Waals surface area contributed by atoms with E-state index in [1.165, 1.54) is 49.8 Å². The highest BCUT2D eigenvalue weighted by Crippen LogP contribution is 2.25. The number of phenols is 2. The molecule has 2 aromatic rings. The number of hydrogen-bond acceptors (Lipinski definition) is 6. The number of aromatic nitrogens is 2. The van der Waals surface area contributed by atoms with Crippen molar-refractivity contribution in [3.8, 4) is 11.5 Å². The first-order chi connectivity index (χ1) is 13.3. The maximum absolute atomic E-state index is 12.4. The number of nitrogens with two attached hydrogens (primary N) is 1. The Bertz CT molecular complexity index is 878. The van der Waals surface area contributed by atoms with Gasteiger partial charge in [-0.1, -0.05) is 6.07 Å². The molecule has 0 unspecified atom stereocenters. The van der Waals surface area contributed by atoms with Gasteiger partial charge in [-0.15, -0.1) is 0 Å². The van der Waals surface area contributed by atoms with Crippen LogP contribution in [0.3, 0.4) is 0 Å². The fourth-order valence-corrected chi connectivity index (χ4v) is 2.25. The second kappa shape index (κ2) is 9.21. The number of aromatic amines is 1. The summed E-state index contributed by atoms with van der Waals surface area (Å²) in [5, 5.41) is 23.8. The summed E-state index contributed by atoms with van der Waals surface area (Å²) in [6.45, 7) is 1.44. The number of H-pyrrole nitrogens is 1. The highest BCUT2D eigenvalue weighted by atomic mass is 16.3. The summed E-state index contributed by atoms with van der Waals surface area (Å²) in [6.07, 6.45) is 5.66. The first-order valence-electron chi connectivity index (χ1n) is 8.33. The van der Waals surface area contributed by atoms with Crippen molar-refractivity contribution in [3.63, 3.8) is 0 Å². The number of primary amides is 1. The van der Waals surface area contributed by atoms with E-state index in [0.29, 0.717) is 11.3 Å². The molecule has 0 aliphatic carbocycles. The molecule has 28 heavy (non-hydrogen) atoms.